The van der Waals surface area contributed by atoms with Gasteiger partial charge < -0.3 is 11.1 Å². The van der Waals surface area contributed by atoms with Crippen molar-refractivity contribution in [1.82, 2.24) is 15.3 Å². The highest BCUT2D eigenvalue weighted by atomic mass is 32.1. The second-order valence-corrected chi connectivity index (χ2v) is 6.42. The van der Waals surface area contributed by atoms with Gasteiger partial charge in [0, 0.05) is 30.1 Å². The van der Waals surface area contributed by atoms with Crippen LogP contribution in [0.2, 0.25) is 0 Å². The average Bonchev–Trinajstić information content (AvgIpc) is 3.02. The van der Waals surface area contributed by atoms with Crippen LogP contribution in [0, 0.1) is 6.92 Å². The van der Waals surface area contributed by atoms with E-state index >= 15 is 0 Å². The van der Waals surface area contributed by atoms with Crippen LogP contribution in [0.5, 0.6) is 0 Å². The van der Waals surface area contributed by atoms with Crippen molar-refractivity contribution in [3.05, 3.63) is 70.5 Å². The molecular formula is C18H16N4O2S. The van der Waals surface area contributed by atoms with Gasteiger partial charge in [0.25, 0.3) is 5.91 Å². The van der Waals surface area contributed by atoms with Gasteiger partial charge in [-0.1, -0.05) is 12.1 Å². The molecule has 0 spiro atoms. The molecule has 0 aliphatic carbocycles. The number of primary amides is 1. The lowest BCUT2D eigenvalue weighted by atomic mass is 10.1. The summed E-state index contributed by atoms with van der Waals surface area (Å²) in [5, 5.41) is 3.63. The highest BCUT2D eigenvalue weighted by Gasteiger charge is 2.16. The van der Waals surface area contributed by atoms with Crippen molar-refractivity contribution < 1.29 is 9.59 Å². The van der Waals surface area contributed by atoms with Gasteiger partial charge in [-0.15, -0.1) is 11.3 Å². The topological polar surface area (TPSA) is 98.0 Å². The summed E-state index contributed by atoms with van der Waals surface area (Å²) in [5.41, 5.74) is 8.10. The first kappa shape index (κ1) is 16.8. The van der Waals surface area contributed by atoms with Crippen molar-refractivity contribution in [1.29, 1.82) is 0 Å². The Kier molecular flexibility index (Phi) is 4.85. The van der Waals surface area contributed by atoms with Crippen LogP contribution >= 0.6 is 11.3 Å². The van der Waals surface area contributed by atoms with E-state index < -0.39 is 5.91 Å². The molecule has 0 atom stereocenters. The van der Waals surface area contributed by atoms with E-state index in [1.165, 1.54) is 11.3 Å². The van der Waals surface area contributed by atoms with Crippen molar-refractivity contribution in [2.24, 2.45) is 5.73 Å². The first-order chi connectivity index (χ1) is 12.0. The highest BCUT2D eigenvalue weighted by Crippen LogP contribution is 2.27. The Bertz CT molecular complexity index is 922. The first-order valence-corrected chi connectivity index (χ1v) is 8.41. The molecule has 6 nitrogen and oxygen atoms in total. The molecule has 7 heteroatoms. The smallest absolute Gasteiger partial charge is 0.263 e. The molecule has 3 aromatic rings. The summed E-state index contributed by atoms with van der Waals surface area (Å²) in [7, 11) is 0. The third-order valence-corrected chi connectivity index (χ3v) is 4.80. The molecule has 0 unspecified atom stereocenters. The molecule has 0 bridgehead atoms. The SMILES string of the molecule is Cc1nc(-c2ccncc2)sc1C(=O)NCc1cccc(C(N)=O)c1. The van der Waals surface area contributed by atoms with Crippen molar-refractivity contribution in [2.45, 2.75) is 13.5 Å². The molecule has 1 aromatic carbocycles. The number of pyridine rings is 1. The number of carbonyl (C=O) groups is 2. The first-order valence-electron chi connectivity index (χ1n) is 7.59. The molecule has 0 aliphatic heterocycles. The lowest BCUT2D eigenvalue weighted by molar-refractivity contribution is 0.0953. The van der Waals surface area contributed by atoms with Crippen LogP contribution in [-0.4, -0.2) is 21.8 Å². The predicted molar refractivity (Wildman–Crippen MR) is 96.2 cm³/mol. The van der Waals surface area contributed by atoms with Crippen LogP contribution in [0.3, 0.4) is 0 Å². The minimum Gasteiger partial charge on any atom is -0.366 e. The fraction of sp³-hybridized carbons (Fsp3) is 0.111. The summed E-state index contributed by atoms with van der Waals surface area (Å²) < 4.78 is 0. The number of aromatic nitrogens is 2. The van der Waals surface area contributed by atoms with Gasteiger partial charge in [0.15, 0.2) is 0 Å². The van der Waals surface area contributed by atoms with E-state index in [4.69, 9.17) is 5.73 Å². The molecule has 25 heavy (non-hydrogen) atoms. The summed E-state index contributed by atoms with van der Waals surface area (Å²) in [6, 6.07) is 10.6. The fourth-order valence-electron chi connectivity index (χ4n) is 2.32. The minimum absolute atomic E-state index is 0.195. The van der Waals surface area contributed by atoms with Crippen molar-refractivity contribution in [2.75, 3.05) is 0 Å². The molecule has 0 saturated heterocycles. The van der Waals surface area contributed by atoms with Gasteiger partial charge in [0.05, 0.1) is 5.69 Å². The number of rotatable bonds is 5. The van der Waals surface area contributed by atoms with Gasteiger partial charge in [0.2, 0.25) is 5.91 Å². The van der Waals surface area contributed by atoms with Gasteiger partial charge in [-0.05, 0) is 36.8 Å². The molecule has 2 heterocycles. The van der Waals surface area contributed by atoms with Crippen LogP contribution in [0.1, 0.15) is 31.3 Å². The van der Waals surface area contributed by atoms with Crippen LogP contribution in [0.15, 0.2) is 48.8 Å². The molecule has 0 aliphatic rings. The zero-order valence-corrected chi connectivity index (χ0v) is 14.3. The summed E-state index contributed by atoms with van der Waals surface area (Å²) >= 11 is 1.34. The molecule has 2 amide bonds. The number of nitrogens with two attached hydrogens (primary N) is 1. The van der Waals surface area contributed by atoms with Crippen molar-refractivity contribution in [3.63, 3.8) is 0 Å². The molecular weight excluding hydrogens is 336 g/mol. The molecule has 2 aromatic heterocycles. The van der Waals surface area contributed by atoms with Crippen LogP contribution < -0.4 is 11.1 Å². The van der Waals surface area contributed by atoms with Gasteiger partial charge in [-0.2, -0.15) is 0 Å². The Morgan fingerprint density at radius 3 is 2.68 bits per heavy atom. The maximum Gasteiger partial charge on any atom is 0.263 e. The predicted octanol–water partition coefficient (Wildman–Crippen LogP) is 2.54. The maximum atomic E-state index is 12.5. The minimum atomic E-state index is -0.492. The lowest BCUT2D eigenvalue weighted by Crippen LogP contribution is -2.23. The van der Waals surface area contributed by atoms with Crippen LogP contribution in [0.25, 0.3) is 10.6 Å². The van der Waals surface area contributed by atoms with E-state index in [0.717, 1.165) is 16.1 Å². The highest BCUT2D eigenvalue weighted by molar-refractivity contribution is 7.17. The Morgan fingerprint density at radius 1 is 1.20 bits per heavy atom. The number of nitrogens with zero attached hydrogens (tertiary/aromatic N) is 2. The van der Waals surface area contributed by atoms with Crippen molar-refractivity contribution in [3.8, 4) is 10.6 Å². The van der Waals surface area contributed by atoms with Crippen LogP contribution in [0.4, 0.5) is 0 Å². The number of amides is 2. The van der Waals surface area contributed by atoms with E-state index in [0.29, 0.717) is 22.7 Å². The normalized spacial score (nSPS) is 10.4. The zero-order chi connectivity index (χ0) is 17.8. The molecule has 3 rings (SSSR count). The molecule has 0 saturated carbocycles. The number of carbonyl (C=O) groups excluding carboxylic acids is 2. The summed E-state index contributed by atoms with van der Waals surface area (Å²) in [6.45, 7) is 2.12. The Balaban J connectivity index is 1.73. The number of hydrogen-bond acceptors (Lipinski definition) is 5. The molecule has 0 radical (unpaired) electrons. The second kappa shape index (κ2) is 7.23. The quantitative estimate of drug-likeness (QED) is 0.737. The summed E-state index contributed by atoms with van der Waals surface area (Å²) in [6.07, 6.45) is 3.38. The fourth-order valence-corrected chi connectivity index (χ4v) is 3.31. The second-order valence-electron chi connectivity index (χ2n) is 5.42. The van der Waals surface area contributed by atoms with E-state index in [1.807, 2.05) is 25.1 Å². The summed E-state index contributed by atoms with van der Waals surface area (Å²) in [5.74, 6) is -0.687. The van der Waals surface area contributed by atoms with Gasteiger partial charge in [-0.25, -0.2) is 4.98 Å². The van der Waals surface area contributed by atoms with E-state index in [2.05, 4.69) is 15.3 Å². The monoisotopic (exact) mass is 352 g/mol. The van der Waals surface area contributed by atoms with Crippen molar-refractivity contribution >= 4 is 23.2 Å². The number of thiazole rings is 1. The van der Waals surface area contributed by atoms with Gasteiger partial charge >= 0.3 is 0 Å². The average molecular weight is 352 g/mol. The number of nitrogens with one attached hydrogen (secondary N) is 1. The van der Waals surface area contributed by atoms with Gasteiger partial charge in [0.1, 0.15) is 9.88 Å². The third kappa shape index (κ3) is 3.89. The largest absolute Gasteiger partial charge is 0.366 e. The van der Waals surface area contributed by atoms with Crippen LogP contribution in [-0.2, 0) is 6.54 Å². The van der Waals surface area contributed by atoms with Gasteiger partial charge in [-0.3, -0.25) is 14.6 Å². The number of benzene rings is 1. The molecule has 126 valence electrons. The lowest BCUT2D eigenvalue weighted by Gasteiger charge is -2.05. The third-order valence-electron chi connectivity index (χ3n) is 3.59. The van der Waals surface area contributed by atoms with E-state index in [-0.39, 0.29) is 5.91 Å². The summed E-state index contributed by atoms with van der Waals surface area (Å²) in [4.78, 5) is 32.7. The Morgan fingerprint density at radius 2 is 1.96 bits per heavy atom. The molecule has 3 N–H and O–H groups in total. The number of aryl methyl sites for hydroxylation is 1. The Labute approximate surface area is 148 Å². The maximum absolute atomic E-state index is 12.5. The zero-order valence-electron chi connectivity index (χ0n) is 13.5. The molecule has 0 fully saturated rings. The number of hydrogen-bond donors (Lipinski definition) is 2. The van der Waals surface area contributed by atoms with E-state index in [1.54, 1.807) is 30.6 Å². The standard InChI is InChI=1S/C18H16N4O2S/c1-11-15(25-18(22-11)13-5-7-20-8-6-13)17(24)21-10-12-3-2-4-14(9-12)16(19)23/h2-9H,10H2,1H3,(H2,19,23)(H,21,24). The van der Waals surface area contributed by atoms with E-state index in [9.17, 15) is 9.59 Å². The Hall–Kier alpha value is -3.06.